The Hall–Kier alpha value is -3.16. The van der Waals surface area contributed by atoms with Crippen LogP contribution in [0, 0.1) is 0 Å². The van der Waals surface area contributed by atoms with Crippen LogP contribution in [0.25, 0.3) is 0 Å². The number of para-hydroxylation sites is 1. The molecule has 0 aliphatic heterocycles. The lowest BCUT2D eigenvalue weighted by molar-refractivity contribution is -0.120. The second kappa shape index (κ2) is 9.21. The molecule has 0 unspecified atom stereocenters. The zero-order valence-corrected chi connectivity index (χ0v) is 13.9. The Bertz CT molecular complexity index is 727. The molecule has 3 N–H and O–H groups in total. The van der Waals surface area contributed by atoms with E-state index in [1.54, 1.807) is 0 Å². The summed E-state index contributed by atoms with van der Waals surface area (Å²) < 4.78 is 5.46. The normalized spacial score (nSPS) is 10.1. The molecule has 132 valence electrons. The second-order valence-corrected chi connectivity index (χ2v) is 5.16. The molecule has 8 heteroatoms. The lowest BCUT2D eigenvalue weighted by Crippen LogP contribution is -2.29. The highest BCUT2D eigenvalue weighted by Crippen LogP contribution is 2.07. The zero-order valence-electron chi connectivity index (χ0n) is 13.9. The van der Waals surface area contributed by atoms with Crippen molar-refractivity contribution < 1.29 is 19.1 Å². The summed E-state index contributed by atoms with van der Waals surface area (Å²) in [6, 6.07) is 9.26. The van der Waals surface area contributed by atoms with Crippen LogP contribution in [0.15, 0.2) is 36.5 Å². The average Bonchev–Trinajstić information content (AvgIpc) is 3.14. The van der Waals surface area contributed by atoms with Crippen molar-refractivity contribution in [2.45, 2.75) is 12.8 Å². The largest absolute Gasteiger partial charge is 0.492 e. The minimum Gasteiger partial charge on any atom is -0.492 e. The van der Waals surface area contributed by atoms with Gasteiger partial charge < -0.3 is 20.4 Å². The van der Waals surface area contributed by atoms with E-state index in [2.05, 4.69) is 20.6 Å². The summed E-state index contributed by atoms with van der Waals surface area (Å²) in [6.45, 7) is 0.614. The number of hydrogen-bond acceptors (Lipinski definition) is 5. The second-order valence-electron chi connectivity index (χ2n) is 5.16. The SMILES string of the molecule is CNC(=O)CCC(=O)c1cnc(C(=O)NCCOc2ccccc2)[nH]1. The van der Waals surface area contributed by atoms with Crippen LogP contribution in [-0.2, 0) is 4.79 Å². The summed E-state index contributed by atoms with van der Waals surface area (Å²) in [7, 11) is 1.51. The number of amides is 2. The van der Waals surface area contributed by atoms with Crippen molar-refractivity contribution in [2.75, 3.05) is 20.2 Å². The Labute approximate surface area is 145 Å². The lowest BCUT2D eigenvalue weighted by Gasteiger charge is -2.06. The van der Waals surface area contributed by atoms with Crippen LogP contribution in [0.2, 0.25) is 0 Å². The van der Waals surface area contributed by atoms with Gasteiger partial charge >= 0.3 is 0 Å². The molecule has 0 radical (unpaired) electrons. The van der Waals surface area contributed by atoms with Crippen molar-refractivity contribution in [3.05, 3.63) is 48.0 Å². The Kier molecular flexibility index (Phi) is 6.70. The van der Waals surface area contributed by atoms with Crippen LogP contribution in [0.5, 0.6) is 5.75 Å². The Morgan fingerprint density at radius 3 is 2.64 bits per heavy atom. The first-order chi connectivity index (χ1) is 12.1. The molecule has 2 aromatic rings. The van der Waals surface area contributed by atoms with Crippen molar-refractivity contribution in [1.29, 1.82) is 0 Å². The number of H-pyrrole nitrogens is 1. The monoisotopic (exact) mass is 344 g/mol. The number of carbonyl (C=O) groups is 3. The molecule has 0 aliphatic rings. The first kappa shape index (κ1) is 18.2. The fourth-order valence-electron chi connectivity index (χ4n) is 2.00. The molecule has 0 fully saturated rings. The summed E-state index contributed by atoms with van der Waals surface area (Å²) >= 11 is 0. The Balaban J connectivity index is 1.75. The maximum Gasteiger partial charge on any atom is 0.287 e. The number of ketones is 1. The average molecular weight is 344 g/mol. The fourth-order valence-corrected chi connectivity index (χ4v) is 2.00. The molecular weight excluding hydrogens is 324 g/mol. The van der Waals surface area contributed by atoms with Gasteiger partial charge in [0.25, 0.3) is 5.91 Å². The minimum absolute atomic E-state index is 0.0444. The number of imidazole rings is 1. The van der Waals surface area contributed by atoms with Gasteiger partial charge in [0.1, 0.15) is 18.1 Å². The van der Waals surface area contributed by atoms with Gasteiger partial charge in [-0.05, 0) is 12.1 Å². The first-order valence-corrected chi connectivity index (χ1v) is 7.85. The topological polar surface area (TPSA) is 113 Å². The highest BCUT2D eigenvalue weighted by atomic mass is 16.5. The molecule has 0 spiro atoms. The minimum atomic E-state index is -0.429. The number of rotatable bonds is 9. The summed E-state index contributed by atoms with van der Waals surface area (Å²) in [5.74, 6) is -0.157. The van der Waals surface area contributed by atoms with Gasteiger partial charge in [-0.25, -0.2) is 4.98 Å². The molecule has 1 aromatic heterocycles. The quantitative estimate of drug-likeness (QED) is 0.462. The molecule has 2 amide bonds. The van der Waals surface area contributed by atoms with E-state index in [-0.39, 0.29) is 36.1 Å². The summed E-state index contributed by atoms with van der Waals surface area (Å²) in [5, 5.41) is 5.09. The molecule has 1 heterocycles. The van der Waals surface area contributed by atoms with Crippen molar-refractivity contribution in [3.63, 3.8) is 0 Å². The van der Waals surface area contributed by atoms with Crippen LogP contribution in [0.3, 0.4) is 0 Å². The molecule has 0 saturated carbocycles. The van der Waals surface area contributed by atoms with E-state index < -0.39 is 5.91 Å². The molecule has 0 atom stereocenters. The summed E-state index contributed by atoms with van der Waals surface area (Å²) in [5.41, 5.74) is 0.203. The van der Waals surface area contributed by atoms with E-state index in [1.807, 2.05) is 30.3 Å². The molecule has 8 nitrogen and oxygen atoms in total. The van der Waals surface area contributed by atoms with Gasteiger partial charge in [0.2, 0.25) is 5.91 Å². The van der Waals surface area contributed by atoms with Gasteiger partial charge in [0.15, 0.2) is 11.6 Å². The number of hydrogen-bond donors (Lipinski definition) is 3. The molecule has 2 rings (SSSR count). The van der Waals surface area contributed by atoms with E-state index >= 15 is 0 Å². The Morgan fingerprint density at radius 1 is 1.16 bits per heavy atom. The van der Waals surface area contributed by atoms with Gasteiger partial charge in [-0.2, -0.15) is 0 Å². The van der Waals surface area contributed by atoms with E-state index in [0.29, 0.717) is 13.2 Å². The van der Waals surface area contributed by atoms with Crippen molar-refractivity contribution >= 4 is 17.6 Å². The maximum atomic E-state index is 12.0. The number of aromatic amines is 1. The maximum absolute atomic E-state index is 12.0. The van der Waals surface area contributed by atoms with Gasteiger partial charge in [-0.1, -0.05) is 18.2 Å². The molecule has 0 saturated heterocycles. The third-order valence-corrected chi connectivity index (χ3v) is 3.35. The fraction of sp³-hybridized carbons (Fsp3) is 0.294. The molecule has 0 aliphatic carbocycles. The van der Waals surface area contributed by atoms with E-state index in [1.165, 1.54) is 13.2 Å². The van der Waals surface area contributed by atoms with Gasteiger partial charge in [0, 0.05) is 19.9 Å². The van der Waals surface area contributed by atoms with Crippen molar-refractivity contribution in [1.82, 2.24) is 20.6 Å². The van der Waals surface area contributed by atoms with Crippen molar-refractivity contribution in [2.24, 2.45) is 0 Å². The van der Waals surface area contributed by atoms with E-state index in [9.17, 15) is 14.4 Å². The van der Waals surface area contributed by atoms with Gasteiger partial charge in [0.05, 0.1) is 12.7 Å². The lowest BCUT2D eigenvalue weighted by atomic mass is 10.2. The molecule has 25 heavy (non-hydrogen) atoms. The highest BCUT2D eigenvalue weighted by Gasteiger charge is 2.15. The zero-order chi connectivity index (χ0) is 18.1. The molecule has 0 bridgehead atoms. The predicted molar refractivity (Wildman–Crippen MR) is 90.5 cm³/mol. The smallest absolute Gasteiger partial charge is 0.287 e. The predicted octanol–water partition coefficient (Wildman–Crippen LogP) is 0.927. The number of nitrogens with zero attached hydrogens (tertiary/aromatic N) is 1. The summed E-state index contributed by atoms with van der Waals surface area (Å²) in [4.78, 5) is 41.6. The Morgan fingerprint density at radius 2 is 1.92 bits per heavy atom. The number of Topliss-reactive ketones (excluding diaryl/α,β-unsaturated/α-hetero) is 1. The van der Waals surface area contributed by atoms with Crippen LogP contribution >= 0.6 is 0 Å². The van der Waals surface area contributed by atoms with Crippen LogP contribution < -0.4 is 15.4 Å². The van der Waals surface area contributed by atoms with Gasteiger partial charge in [-0.15, -0.1) is 0 Å². The number of aromatic nitrogens is 2. The third-order valence-electron chi connectivity index (χ3n) is 3.35. The van der Waals surface area contributed by atoms with Crippen LogP contribution in [-0.4, -0.2) is 47.8 Å². The van der Waals surface area contributed by atoms with Crippen LogP contribution in [0.4, 0.5) is 0 Å². The number of benzene rings is 1. The van der Waals surface area contributed by atoms with E-state index in [0.717, 1.165) is 5.75 Å². The number of ether oxygens (including phenoxy) is 1. The third kappa shape index (κ3) is 5.76. The van der Waals surface area contributed by atoms with Crippen molar-refractivity contribution in [3.8, 4) is 5.75 Å². The highest BCUT2D eigenvalue weighted by molar-refractivity contribution is 5.98. The molecule has 1 aromatic carbocycles. The standard InChI is InChI=1S/C17H20N4O4/c1-18-15(23)8-7-14(22)13-11-20-16(21-13)17(24)19-9-10-25-12-5-3-2-4-6-12/h2-6,11H,7-10H2,1H3,(H,18,23)(H,19,24)(H,20,21). The summed E-state index contributed by atoms with van der Waals surface area (Å²) in [6.07, 6.45) is 1.43. The van der Waals surface area contributed by atoms with Crippen LogP contribution in [0.1, 0.15) is 33.9 Å². The molecular formula is C17H20N4O4. The number of nitrogens with one attached hydrogen (secondary N) is 3. The van der Waals surface area contributed by atoms with E-state index in [4.69, 9.17) is 4.74 Å². The number of carbonyl (C=O) groups excluding carboxylic acids is 3. The first-order valence-electron chi connectivity index (χ1n) is 7.85. The van der Waals surface area contributed by atoms with Gasteiger partial charge in [-0.3, -0.25) is 14.4 Å².